The van der Waals surface area contributed by atoms with E-state index in [1.165, 1.54) is 32.1 Å². The Bertz CT molecular complexity index is 635. The van der Waals surface area contributed by atoms with Crippen LogP contribution in [0, 0.1) is 29.6 Å². The molecule has 128 valence electrons. The van der Waals surface area contributed by atoms with Gasteiger partial charge in [0.1, 0.15) is 11.9 Å². The molecular formula is C19H23O4P. The normalized spacial score (nSPS) is 46.0. The quantitative estimate of drug-likeness (QED) is 0.593. The van der Waals surface area contributed by atoms with E-state index in [1.807, 2.05) is 24.3 Å². The second-order valence-electron chi connectivity index (χ2n) is 8.10. The molecule has 4 saturated carbocycles. The van der Waals surface area contributed by atoms with Gasteiger partial charge in [0.2, 0.25) is 13.8 Å². The minimum Gasteiger partial charge on any atom is -0.496 e. The van der Waals surface area contributed by atoms with Crippen LogP contribution in [0.15, 0.2) is 24.3 Å². The number of ether oxygens (including phenoxy) is 1. The van der Waals surface area contributed by atoms with Gasteiger partial charge in [-0.2, -0.15) is 0 Å². The summed E-state index contributed by atoms with van der Waals surface area (Å²) in [5, 5.41) is -0.910. The fraction of sp³-hybridized carbons (Fsp3) is 0.684. The molecule has 1 aromatic carbocycles. The Morgan fingerprint density at radius 3 is 2.29 bits per heavy atom. The Morgan fingerprint density at radius 2 is 1.75 bits per heavy atom. The van der Waals surface area contributed by atoms with Crippen LogP contribution in [0.2, 0.25) is 0 Å². The lowest BCUT2D eigenvalue weighted by Crippen LogP contribution is -2.60. The molecule has 4 nitrogen and oxygen atoms in total. The summed E-state index contributed by atoms with van der Waals surface area (Å²) in [4.78, 5) is 11.2. The molecule has 0 spiro atoms. The first-order valence-electron chi connectivity index (χ1n) is 9.07. The van der Waals surface area contributed by atoms with E-state index in [1.54, 1.807) is 7.11 Å². The fourth-order valence-electron chi connectivity index (χ4n) is 6.24. The zero-order valence-electron chi connectivity index (χ0n) is 13.9. The molecule has 5 heteroatoms. The first kappa shape index (κ1) is 15.3. The highest BCUT2D eigenvalue weighted by molar-refractivity contribution is 7.25. The lowest BCUT2D eigenvalue weighted by molar-refractivity contribution is -0.505. The largest absolute Gasteiger partial charge is 0.496 e. The van der Waals surface area contributed by atoms with E-state index in [0.29, 0.717) is 17.8 Å². The van der Waals surface area contributed by atoms with Gasteiger partial charge in [-0.3, -0.25) is 4.57 Å². The molecule has 0 radical (unpaired) electrons. The first-order valence-corrected chi connectivity index (χ1v) is 9.89. The van der Waals surface area contributed by atoms with E-state index in [9.17, 15) is 4.57 Å². The van der Waals surface area contributed by atoms with Crippen LogP contribution in [0.4, 0.5) is 0 Å². The van der Waals surface area contributed by atoms with Crippen LogP contribution in [0.5, 0.6) is 5.75 Å². The zero-order valence-corrected chi connectivity index (χ0v) is 14.8. The maximum Gasteiger partial charge on any atom is 0.240 e. The molecule has 4 bridgehead atoms. The van der Waals surface area contributed by atoms with Gasteiger partial charge >= 0.3 is 0 Å². The number of rotatable bonds is 4. The standard InChI is InChI=1S/C19H23O4P/c1-21-16-5-3-2-4-15(16)19(24-20)18(22-23-19)17-13-7-11-6-12(9-13)10-14(17)8-11/h2-5,11-14,17-18H,6-10H2,1H3. The van der Waals surface area contributed by atoms with Crippen molar-refractivity contribution in [2.45, 2.75) is 43.6 Å². The fourth-order valence-corrected chi connectivity index (χ4v) is 6.91. The molecule has 2 atom stereocenters. The van der Waals surface area contributed by atoms with Gasteiger partial charge in [0, 0.05) is 5.56 Å². The molecule has 24 heavy (non-hydrogen) atoms. The number of hydrogen-bond donors (Lipinski definition) is 0. The highest BCUT2D eigenvalue weighted by Gasteiger charge is 2.64. The molecule has 1 aromatic rings. The Morgan fingerprint density at radius 1 is 1.08 bits per heavy atom. The average Bonchev–Trinajstić information content (AvgIpc) is 2.58. The smallest absolute Gasteiger partial charge is 0.240 e. The van der Waals surface area contributed by atoms with Crippen LogP contribution >= 0.6 is 8.46 Å². The third-order valence-electron chi connectivity index (χ3n) is 6.94. The van der Waals surface area contributed by atoms with Crippen LogP contribution in [0.25, 0.3) is 0 Å². The van der Waals surface area contributed by atoms with Gasteiger partial charge in [-0.25, -0.2) is 9.78 Å². The van der Waals surface area contributed by atoms with Gasteiger partial charge in [-0.05, 0) is 67.8 Å². The highest BCUT2D eigenvalue weighted by atomic mass is 31.1. The van der Waals surface area contributed by atoms with E-state index in [2.05, 4.69) is 0 Å². The summed E-state index contributed by atoms with van der Waals surface area (Å²) in [6.45, 7) is 0. The monoisotopic (exact) mass is 346 g/mol. The predicted molar refractivity (Wildman–Crippen MR) is 88.8 cm³/mol. The third kappa shape index (κ3) is 2.00. The van der Waals surface area contributed by atoms with Crippen molar-refractivity contribution in [2.75, 3.05) is 7.11 Å². The molecule has 1 aliphatic heterocycles. The summed E-state index contributed by atoms with van der Waals surface area (Å²) < 4.78 is 17.8. The van der Waals surface area contributed by atoms with E-state index >= 15 is 0 Å². The molecule has 4 aliphatic carbocycles. The van der Waals surface area contributed by atoms with Gasteiger partial charge in [0.25, 0.3) is 0 Å². The van der Waals surface area contributed by atoms with Crippen LogP contribution < -0.4 is 4.74 Å². The predicted octanol–water partition coefficient (Wildman–Crippen LogP) is 4.54. The zero-order chi connectivity index (χ0) is 16.3. The van der Waals surface area contributed by atoms with Gasteiger partial charge in [0.15, 0.2) is 0 Å². The van der Waals surface area contributed by atoms with Crippen molar-refractivity contribution >= 4 is 8.46 Å². The second-order valence-corrected chi connectivity index (χ2v) is 8.94. The lowest BCUT2D eigenvalue weighted by atomic mass is 9.50. The highest BCUT2D eigenvalue weighted by Crippen LogP contribution is 2.63. The molecule has 1 saturated heterocycles. The molecule has 2 unspecified atom stereocenters. The van der Waals surface area contributed by atoms with Gasteiger partial charge in [0.05, 0.1) is 7.11 Å². The maximum atomic E-state index is 12.3. The van der Waals surface area contributed by atoms with Crippen LogP contribution in [-0.4, -0.2) is 13.2 Å². The van der Waals surface area contributed by atoms with Gasteiger partial charge < -0.3 is 4.74 Å². The SMILES string of the molecule is COc1ccccc1C1(P=O)OOC1C1C2CC3CC(C2)CC1C3. The number of para-hydroxylation sites is 1. The molecule has 0 aromatic heterocycles. The molecular weight excluding hydrogens is 323 g/mol. The summed E-state index contributed by atoms with van der Waals surface area (Å²) in [5.74, 6) is 4.40. The summed E-state index contributed by atoms with van der Waals surface area (Å²) in [7, 11) is 1.60. The topological polar surface area (TPSA) is 44.8 Å². The van der Waals surface area contributed by atoms with Crippen molar-refractivity contribution < 1.29 is 19.1 Å². The Kier molecular flexibility index (Phi) is 3.52. The van der Waals surface area contributed by atoms with Gasteiger partial charge in [-0.15, -0.1) is 0 Å². The van der Waals surface area contributed by atoms with E-state index in [0.717, 1.165) is 23.1 Å². The lowest BCUT2D eigenvalue weighted by Gasteiger charge is -2.59. The summed E-state index contributed by atoms with van der Waals surface area (Å²) in [6, 6.07) is 7.72. The Labute approximate surface area is 144 Å². The third-order valence-corrected chi connectivity index (χ3v) is 7.78. The van der Waals surface area contributed by atoms with Crippen LogP contribution in [-0.2, 0) is 19.7 Å². The van der Waals surface area contributed by atoms with Crippen molar-refractivity contribution in [1.82, 2.24) is 0 Å². The van der Waals surface area contributed by atoms with Crippen molar-refractivity contribution in [3.05, 3.63) is 29.8 Å². The summed E-state index contributed by atoms with van der Waals surface area (Å²) >= 11 is 0. The second kappa shape index (κ2) is 5.52. The number of benzene rings is 1. The van der Waals surface area contributed by atoms with Crippen molar-refractivity contribution in [2.24, 2.45) is 29.6 Å². The van der Waals surface area contributed by atoms with Crippen molar-refractivity contribution in [3.63, 3.8) is 0 Å². The molecule has 0 N–H and O–H groups in total. The van der Waals surface area contributed by atoms with Crippen LogP contribution in [0.3, 0.4) is 0 Å². The van der Waals surface area contributed by atoms with E-state index in [4.69, 9.17) is 14.5 Å². The minimum atomic E-state index is -0.910. The Balaban J connectivity index is 1.51. The number of methoxy groups -OCH3 is 1. The van der Waals surface area contributed by atoms with E-state index in [-0.39, 0.29) is 14.6 Å². The summed E-state index contributed by atoms with van der Waals surface area (Å²) in [5.41, 5.74) is 0.842. The average molecular weight is 346 g/mol. The number of hydrogen-bond acceptors (Lipinski definition) is 4. The van der Waals surface area contributed by atoms with E-state index < -0.39 is 5.34 Å². The van der Waals surface area contributed by atoms with Crippen molar-refractivity contribution in [3.8, 4) is 5.75 Å². The molecule has 5 fully saturated rings. The minimum absolute atomic E-state index is 0.0401. The van der Waals surface area contributed by atoms with Gasteiger partial charge in [-0.1, -0.05) is 18.2 Å². The molecule has 6 rings (SSSR count). The summed E-state index contributed by atoms with van der Waals surface area (Å²) in [6.07, 6.45) is 6.55. The Hall–Kier alpha value is -0.960. The first-order chi connectivity index (χ1) is 11.7. The van der Waals surface area contributed by atoms with Crippen molar-refractivity contribution in [1.29, 1.82) is 0 Å². The molecule has 5 aliphatic rings. The molecule has 1 heterocycles. The van der Waals surface area contributed by atoms with Crippen LogP contribution in [0.1, 0.15) is 37.7 Å². The maximum absolute atomic E-state index is 12.3. The molecule has 0 amide bonds.